The minimum Gasteiger partial charge on any atom is -0.493 e. The second kappa shape index (κ2) is 9.62. The first-order valence-corrected chi connectivity index (χ1v) is 10.6. The summed E-state index contributed by atoms with van der Waals surface area (Å²) in [4.78, 5) is 18.0. The van der Waals surface area contributed by atoms with Gasteiger partial charge in [-0.05, 0) is 24.3 Å². The predicted molar refractivity (Wildman–Crippen MR) is 131 cm³/mol. The molecule has 0 saturated carbocycles. The van der Waals surface area contributed by atoms with Gasteiger partial charge in [-0.1, -0.05) is 71.0 Å². The van der Waals surface area contributed by atoms with E-state index in [0.717, 1.165) is 10.0 Å². The van der Waals surface area contributed by atoms with Crippen molar-refractivity contribution in [2.24, 2.45) is 5.10 Å². The standard InChI is InChI=1S/C25H20BrN3O3/c1-3-13-32-23-18(14-19(26)15-22(23)31-2)16-27-29-24(17-9-5-4-6-10-17)28-21-12-8-7-11-20(21)25(29)30/h3-12,14-16H,1,13H2,2H3. The number of hydrogen-bond donors (Lipinski definition) is 0. The fraction of sp³-hybridized carbons (Fsp3) is 0.0800. The third-order valence-electron chi connectivity index (χ3n) is 4.71. The Kier molecular flexibility index (Phi) is 6.47. The first-order valence-electron chi connectivity index (χ1n) is 9.85. The van der Waals surface area contributed by atoms with E-state index in [9.17, 15) is 4.79 Å². The number of para-hydroxylation sites is 1. The van der Waals surface area contributed by atoms with E-state index in [1.54, 1.807) is 31.5 Å². The first-order chi connectivity index (χ1) is 15.6. The highest BCUT2D eigenvalue weighted by Gasteiger charge is 2.14. The van der Waals surface area contributed by atoms with Crippen LogP contribution in [0.3, 0.4) is 0 Å². The number of rotatable bonds is 7. The monoisotopic (exact) mass is 489 g/mol. The third kappa shape index (κ3) is 4.33. The van der Waals surface area contributed by atoms with E-state index in [-0.39, 0.29) is 5.56 Å². The lowest BCUT2D eigenvalue weighted by atomic mass is 10.2. The van der Waals surface area contributed by atoms with Crippen LogP contribution in [-0.4, -0.2) is 29.6 Å². The van der Waals surface area contributed by atoms with Crippen molar-refractivity contribution in [1.82, 2.24) is 9.66 Å². The zero-order valence-electron chi connectivity index (χ0n) is 17.4. The average molecular weight is 490 g/mol. The molecular formula is C25H20BrN3O3. The van der Waals surface area contributed by atoms with Gasteiger partial charge in [0.2, 0.25) is 0 Å². The number of halogens is 1. The van der Waals surface area contributed by atoms with Crippen LogP contribution in [0, 0.1) is 0 Å². The Morgan fingerprint density at radius 1 is 1.12 bits per heavy atom. The molecule has 0 radical (unpaired) electrons. The average Bonchev–Trinajstić information content (AvgIpc) is 2.82. The van der Waals surface area contributed by atoms with E-state index >= 15 is 0 Å². The summed E-state index contributed by atoms with van der Waals surface area (Å²) in [5, 5.41) is 5.01. The lowest BCUT2D eigenvalue weighted by molar-refractivity contribution is 0.326. The van der Waals surface area contributed by atoms with Gasteiger partial charge in [0.25, 0.3) is 5.56 Å². The molecule has 32 heavy (non-hydrogen) atoms. The van der Waals surface area contributed by atoms with E-state index in [2.05, 4.69) is 27.6 Å². The molecule has 0 N–H and O–H groups in total. The Bertz CT molecular complexity index is 1360. The van der Waals surface area contributed by atoms with Crippen molar-refractivity contribution in [3.8, 4) is 22.9 Å². The van der Waals surface area contributed by atoms with Crippen LogP contribution in [0.25, 0.3) is 22.3 Å². The molecule has 6 nitrogen and oxygen atoms in total. The smallest absolute Gasteiger partial charge is 0.282 e. The van der Waals surface area contributed by atoms with Crippen LogP contribution < -0.4 is 15.0 Å². The van der Waals surface area contributed by atoms with Crippen molar-refractivity contribution in [3.63, 3.8) is 0 Å². The van der Waals surface area contributed by atoms with E-state index in [4.69, 9.17) is 14.5 Å². The Balaban J connectivity index is 1.92. The van der Waals surface area contributed by atoms with Crippen LogP contribution in [0.2, 0.25) is 0 Å². The van der Waals surface area contributed by atoms with E-state index < -0.39 is 0 Å². The molecule has 0 saturated heterocycles. The summed E-state index contributed by atoms with van der Waals surface area (Å²) in [6, 6.07) is 20.3. The molecule has 0 spiro atoms. The number of aromatic nitrogens is 2. The van der Waals surface area contributed by atoms with Crippen molar-refractivity contribution >= 4 is 33.0 Å². The van der Waals surface area contributed by atoms with Gasteiger partial charge in [-0.25, -0.2) is 4.98 Å². The van der Waals surface area contributed by atoms with Crippen LogP contribution in [0.5, 0.6) is 11.5 Å². The lowest BCUT2D eigenvalue weighted by Gasteiger charge is -2.13. The maximum absolute atomic E-state index is 13.3. The Hall–Kier alpha value is -3.71. The van der Waals surface area contributed by atoms with Gasteiger partial charge in [-0.2, -0.15) is 9.78 Å². The molecule has 0 unspecified atom stereocenters. The molecule has 0 atom stereocenters. The molecule has 160 valence electrons. The minimum absolute atomic E-state index is 0.263. The van der Waals surface area contributed by atoms with Gasteiger partial charge < -0.3 is 9.47 Å². The first kappa shape index (κ1) is 21.5. The van der Waals surface area contributed by atoms with Gasteiger partial charge in [0, 0.05) is 15.6 Å². The van der Waals surface area contributed by atoms with E-state index in [0.29, 0.717) is 40.4 Å². The number of hydrogen-bond acceptors (Lipinski definition) is 5. The number of ether oxygens (including phenoxy) is 2. The molecule has 0 aliphatic heterocycles. The van der Waals surface area contributed by atoms with Crippen LogP contribution in [-0.2, 0) is 0 Å². The highest BCUT2D eigenvalue weighted by Crippen LogP contribution is 2.34. The highest BCUT2D eigenvalue weighted by molar-refractivity contribution is 9.10. The van der Waals surface area contributed by atoms with Gasteiger partial charge in [-0.3, -0.25) is 4.79 Å². The molecule has 0 bridgehead atoms. The molecule has 0 aliphatic carbocycles. The summed E-state index contributed by atoms with van der Waals surface area (Å²) in [5.74, 6) is 1.48. The summed E-state index contributed by atoms with van der Waals surface area (Å²) in [6.07, 6.45) is 3.21. The van der Waals surface area contributed by atoms with Gasteiger partial charge in [0.1, 0.15) is 6.61 Å². The Labute approximate surface area is 193 Å². The highest BCUT2D eigenvalue weighted by atomic mass is 79.9. The molecule has 0 amide bonds. The van der Waals surface area contributed by atoms with Crippen molar-refractivity contribution in [3.05, 3.63) is 99.8 Å². The molecular weight excluding hydrogens is 470 g/mol. The van der Waals surface area contributed by atoms with Crippen LogP contribution in [0.4, 0.5) is 0 Å². The van der Waals surface area contributed by atoms with Crippen molar-refractivity contribution in [2.75, 3.05) is 13.7 Å². The quantitative estimate of drug-likeness (QED) is 0.261. The zero-order valence-corrected chi connectivity index (χ0v) is 19.0. The van der Waals surface area contributed by atoms with Crippen LogP contribution in [0.15, 0.2) is 93.8 Å². The fourth-order valence-corrected chi connectivity index (χ4v) is 3.71. The largest absolute Gasteiger partial charge is 0.493 e. The maximum Gasteiger partial charge on any atom is 0.282 e. The predicted octanol–water partition coefficient (Wildman–Crippen LogP) is 5.28. The van der Waals surface area contributed by atoms with E-state index in [1.165, 1.54) is 4.68 Å². The molecule has 0 aliphatic rings. The minimum atomic E-state index is -0.263. The van der Waals surface area contributed by atoms with Crippen molar-refractivity contribution in [2.45, 2.75) is 0 Å². The van der Waals surface area contributed by atoms with Crippen LogP contribution >= 0.6 is 15.9 Å². The topological polar surface area (TPSA) is 65.7 Å². The molecule has 0 fully saturated rings. The normalized spacial score (nSPS) is 11.1. The molecule has 1 aromatic heterocycles. The van der Waals surface area contributed by atoms with Gasteiger partial charge in [0.05, 0.1) is 24.2 Å². The summed E-state index contributed by atoms with van der Waals surface area (Å²) in [6.45, 7) is 3.99. The van der Waals surface area contributed by atoms with Crippen molar-refractivity contribution in [1.29, 1.82) is 0 Å². The molecule has 7 heteroatoms. The summed E-state index contributed by atoms with van der Waals surface area (Å²) < 4.78 is 13.4. The number of methoxy groups -OCH3 is 1. The van der Waals surface area contributed by atoms with Crippen LogP contribution in [0.1, 0.15) is 5.56 Å². The molecule has 4 aromatic rings. The van der Waals surface area contributed by atoms with Gasteiger partial charge in [0.15, 0.2) is 17.3 Å². The van der Waals surface area contributed by atoms with Gasteiger partial charge in [-0.15, -0.1) is 0 Å². The molecule has 1 heterocycles. The second-order valence-corrected chi connectivity index (χ2v) is 7.72. The lowest BCUT2D eigenvalue weighted by Crippen LogP contribution is -2.20. The fourth-order valence-electron chi connectivity index (χ4n) is 3.26. The summed E-state index contributed by atoms with van der Waals surface area (Å²) in [7, 11) is 1.56. The third-order valence-corrected chi connectivity index (χ3v) is 5.17. The molecule has 4 rings (SSSR count). The Morgan fingerprint density at radius 2 is 1.88 bits per heavy atom. The SMILES string of the molecule is C=CCOc1c(C=Nn2c(-c3ccccc3)nc3ccccc3c2=O)cc(Br)cc1OC. The summed E-state index contributed by atoms with van der Waals surface area (Å²) >= 11 is 3.48. The number of benzene rings is 3. The number of nitrogens with zero attached hydrogens (tertiary/aromatic N) is 3. The Morgan fingerprint density at radius 3 is 2.62 bits per heavy atom. The van der Waals surface area contributed by atoms with Gasteiger partial charge >= 0.3 is 0 Å². The number of fused-ring (bicyclic) bond motifs is 1. The van der Waals surface area contributed by atoms with E-state index in [1.807, 2.05) is 54.6 Å². The second-order valence-electron chi connectivity index (χ2n) is 6.81. The summed E-state index contributed by atoms with van der Waals surface area (Å²) in [5.41, 5.74) is 1.77. The van der Waals surface area contributed by atoms with Crippen molar-refractivity contribution < 1.29 is 9.47 Å². The maximum atomic E-state index is 13.3. The zero-order chi connectivity index (χ0) is 22.5. The molecule has 3 aromatic carbocycles.